The third-order valence-electron chi connectivity index (χ3n) is 12.2. The predicted molar refractivity (Wildman–Crippen MR) is 346 cm³/mol. The Hall–Kier alpha value is -6.69. The van der Waals surface area contributed by atoms with Crippen molar-refractivity contribution in [2.75, 3.05) is 0 Å². The largest absolute Gasteiger partial charge is 0.0622 e. The zero-order valence-corrected chi connectivity index (χ0v) is 49.0. The van der Waals surface area contributed by atoms with E-state index in [2.05, 4.69) is 392 Å². The molecule has 0 heterocycles. The van der Waals surface area contributed by atoms with Crippen LogP contribution in [0.3, 0.4) is 0 Å². The molecule has 0 spiro atoms. The molecule has 78 heavy (non-hydrogen) atoms. The van der Waals surface area contributed by atoms with Crippen molar-refractivity contribution in [3.05, 3.63) is 364 Å². The van der Waals surface area contributed by atoms with Gasteiger partial charge in [-0.15, -0.1) is 0 Å². The maximum absolute atomic E-state index is 4.49. The molecule has 0 aliphatic rings. The van der Waals surface area contributed by atoms with Crippen molar-refractivity contribution < 1.29 is 18.2 Å². The minimum absolute atomic E-state index is 0.446. The van der Waals surface area contributed by atoms with Gasteiger partial charge in [-0.2, -0.15) is 0 Å². The van der Waals surface area contributed by atoms with E-state index in [9.17, 15) is 0 Å². The molecule has 12 rings (SSSR count). The Bertz CT molecular complexity index is 2580. The van der Waals surface area contributed by atoms with Gasteiger partial charge in [0, 0.05) is 0 Å². The van der Waals surface area contributed by atoms with Gasteiger partial charge in [-0.1, -0.05) is 364 Å². The fraction of sp³-hybridized carbons (Fsp3) is 0. The van der Waals surface area contributed by atoms with Gasteiger partial charge in [0.2, 0.25) is 0 Å². The molecule has 0 nitrogen and oxygen atoms in total. The first-order chi connectivity index (χ1) is 38.8. The normalized spacial score (nSPS) is 10.4. The van der Waals surface area contributed by atoms with Crippen LogP contribution in [0.25, 0.3) is 0 Å². The van der Waals surface area contributed by atoms with Crippen LogP contribution in [0.15, 0.2) is 364 Å². The molecule has 12 aromatic rings. The Morgan fingerprint density at radius 3 is 0.256 bits per heavy atom. The first-order valence-electron chi connectivity index (χ1n) is 25.7. The fourth-order valence-electron chi connectivity index (χ4n) is 8.71. The van der Waals surface area contributed by atoms with Crippen LogP contribution in [0.2, 0.25) is 0 Å². The molecule has 0 radical (unpaired) electrons. The molecule has 0 saturated carbocycles. The van der Waals surface area contributed by atoms with Gasteiger partial charge in [0.25, 0.3) is 0 Å². The summed E-state index contributed by atoms with van der Waals surface area (Å²) >= 11 is 2.22. The predicted octanol–water partition coefficient (Wildman–Crippen LogP) is 14.5. The number of benzene rings is 12. The van der Waals surface area contributed by atoms with Gasteiger partial charge in [-0.05, 0) is 95.3 Å². The van der Waals surface area contributed by atoms with Crippen LogP contribution in [0.4, 0.5) is 0 Å². The standard InChI is InChI=1S/4C18H15P.ClH.Pd/c4*1-4-10-16(11-5-1)19(17-12-6-2-7-13-17)18-14-8-3-9-15-18;;/h4*1-15H;1H;/q;;;;;+1/p-1. The van der Waals surface area contributed by atoms with Gasteiger partial charge in [-0.3, -0.25) is 0 Å². The minimum atomic E-state index is -0.446. The van der Waals surface area contributed by atoms with E-state index in [0.29, 0.717) is 0 Å². The van der Waals surface area contributed by atoms with Crippen LogP contribution in [0.1, 0.15) is 0 Å². The number of hydrogen-bond acceptors (Lipinski definition) is 0. The van der Waals surface area contributed by atoms with E-state index in [4.69, 9.17) is 0 Å². The summed E-state index contributed by atoms with van der Waals surface area (Å²) in [5, 5.41) is 16.8. The van der Waals surface area contributed by atoms with Gasteiger partial charge in [0.05, 0.1) is 0 Å². The smallest absolute Gasteiger partial charge is 0.0134 e. The number of halogens is 1. The SMILES string of the molecule is [Cl][Pd].c1ccc(P(c2ccccc2)c2ccccc2)cc1.c1ccc(P(c2ccccc2)c2ccccc2)cc1.c1ccc(P(c2ccccc2)c2ccccc2)cc1.c1ccc(P(c2ccccc2)c2ccccc2)cc1. The van der Waals surface area contributed by atoms with Crippen molar-refractivity contribution in [1.82, 2.24) is 0 Å². The van der Waals surface area contributed by atoms with E-state index >= 15 is 0 Å². The summed E-state index contributed by atoms with van der Waals surface area (Å²) in [5.74, 6) is 0. The molecule has 0 unspecified atom stereocenters. The second-order valence-corrected chi connectivity index (χ2v) is 26.2. The Balaban J connectivity index is 0.000000136. The molecule has 0 amide bonds. The number of rotatable bonds is 12. The van der Waals surface area contributed by atoms with E-state index in [1.165, 1.54) is 63.7 Å². The van der Waals surface area contributed by atoms with Crippen LogP contribution in [-0.2, 0) is 18.2 Å². The molecule has 0 aliphatic heterocycles. The van der Waals surface area contributed by atoms with E-state index < -0.39 is 31.7 Å². The summed E-state index contributed by atoms with van der Waals surface area (Å²) in [6.45, 7) is 0. The van der Waals surface area contributed by atoms with Crippen LogP contribution in [0.5, 0.6) is 0 Å². The van der Waals surface area contributed by atoms with Crippen LogP contribution >= 0.6 is 41.2 Å². The second kappa shape index (κ2) is 32.9. The summed E-state index contributed by atoms with van der Waals surface area (Å²) in [4.78, 5) is 0. The maximum Gasteiger partial charge on any atom is -0.0134 e. The third-order valence-corrected chi connectivity index (χ3v) is 21.9. The average Bonchev–Trinajstić information content (AvgIpc) is 3.55. The van der Waals surface area contributed by atoms with E-state index in [0.717, 1.165) is 0 Å². The monoisotopic (exact) mass is 1190 g/mol. The van der Waals surface area contributed by atoms with E-state index in [1.807, 2.05) is 0 Å². The summed E-state index contributed by atoms with van der Waals surface area (Å²) in [5.41, 5.74) is 0. The van der Waals surface area contributed by atoms with Crippen LogP contribution < -0.4 is 63.7 Å². The molecule has 0 aromatic heterocycles. The molecule has 0 atom stereocenters. The third kappa shape index (κ3) is 17.2. The summed E-state index contributed by atoms with van der Waals surface area (Å²) < 4.78 is 0. The zero-order chi connectivity index (χ0) is 53.7. The van der Waals surface area contributed by atoms with Crippen molar-refractivity contribution in [2.45, 2.75) is 0 Å². The quantitative estimate of drug-likeness (QED) is 0.0845. The van der Waals surface area contributed by atoms with Gasteiger partial charge in [0.1, 0.15) is 0 Å². The Morgan fingerprint density at radius 1 is 0.128 bits per heavy atom. The molecular formula is C72H60ClP4Pd. The van der Waals surface area contributed by atoms with Gasteiger partial charge >= 0.3 is 27.7 Å². The molecule has 12 aromatic carbocycles. The summed E-state index contributed by atoms with van der Waals surface area (Å²) in [6.07, 6.45) is 0. The van der Waals surface area contributed by atoms with Crippen molar-refractivity contribution in [1.29, 1.82) is 0 Å². The van der Waals surface area contributed by atoms with Crippen molar-refractivity contribution >= 4 is 105 Å². The van der Waals surface area contributed by atoms with E-state index in [1.54, 1.807) is 0 Å². The number of hydrogen-bond donors (Lipinski definition) is 0. The zero-order valence-electron chi connectivity index (χ0n) is 43.1. The molecule has 0 N–H and O–H groups in total. The van der Waals surface area contributed by atoms with Crippen molar-refractivity contribution in [2.24, 2.45) is 0 Å². The molecular weight excluding hydrogens is 1130 g/mol. The van der Waals surface area contributed by atoms with Crippen LogP contribution in [0, 0.1) is 0 Å². The Kier molecular flexibility index (Phi) is 24.3. The summed E-state index contributed by atoms with van der Waals surface area (Å²) in [7, 11) is 2.70. The first-order valence-corrected chi connectivity index (χ1v) is 33.1. The molecule has 0 saturated heterocycles. The molecule has 0 bridgehead atoms. The summed E-state index contributed by atoms with van der Waals surface area (Å²) in [6, 6.07) is 129. The van der Waals surface area contributed by atoms with Gasteiger partial charge in [-0.25, -0.2) is 0 Å². The topological polar surface area (TPSA) is 0 Å². The van der Waals surface area contributed by atoms with Gasteiger partial charge < -0.3 is 0 Å². The fourth-order valence-corrected chi connectivity index (χ4v) is 17.9. The molecule has 0 aliphatic carbocycles. The Morgan fingerprint density at radius 2 is 0.192 bits per heavy atom. The van der Waals surface area contributed by atoms with Crippen molar-refractivity contribution in [3.8, 4) is 0 Å². The molecule has 0 fully saturated rings. The molecule has 6 heteroatoms. The van der Waals surface area contributed by atoms with Crippen LogP contribution in [-0.4, -0.2) is 0 Å². The molecule has 385 valence electrons. The van der Waals surface area contributed by atoms with Gasteiger partial charge in [0.15, 0.2) is 0 Å². The van der Waals surface area contributed by atoms with Crippen molar-refractivity contribution in [3.63, 3.8) is 0 Å². The van der Waals surface area contributed by atoms with E-state index in [-0.39, 0.29) is 0 Å². The Labute approximate surface area is 483 Å². The maximum atomic E-state index is 4.49. The minimum Gasteiger partial charge on any atom is -0.0622 e. The average molecular weight is 1190 g/mol. The second-order valence-electron chi connectivity index (χ2n) is 17.4. The first kappa shape index (κ1) is 57.5.